The van der Waals surface area contributed by atoms with Gasteiger partial charge in [0.15, 0.2) is 0 Å². The van der Waals surface area contributed by atoms with Crippen LogP contribution in [0.2, 0.25) is 5.02 Å². The molecule has 0 aliphatic carbocycles. The third-order valence-electron chi connectivity index (χ3n) is 5.34. The Bertz CT molecular complexity index is 712. The van der Waals surface area contributed by atoms with Gasteiger partial charge in [-0.2, -0.15) is 0 Å². The Hall–Kier alpha value is -2.05. The van der Waals surface area contributed by atoms with Crippen molar-refractivity contribution in [2.45, 2.75) is 32.6 Å². The van der Waals surface area contributed by atoms with Gasteiger partial charge in [-0.25, -0.2) is 5.01 Å². The summed E-state index contributed by atoms with van der Waals surface area (Å²) < 4.78 is 0. The van der Waals surface area contributed by atoms with Crippen LogP contribution in [0.25, 0.3) is 5.70 Å². The van der Waals surface area contributed by atoms with Gasteiger partial charge in [-0.15, -0.1) is 0 Å². The molecule has 1 aromatic carbocycles. The van der Waals surface area contributed by atoms with Crippen LogP contribution in [-0.4, -0.2) is 54.4 Å². The molecule has 6 nitrogen and oxygen atoms in total. The smallest absolute Gasteiger partial charge is 0.245 e. The highest BCUT2D eigenvalue weighted by Gasteiger charge is 2.22. The second kappa shape index (κ2) is 9.94. The zero-order chi connectivity index (χ0) is 19.9. The maximum atomic E-state index is 12.2. The Labute approximate surface area is 171 Å². The molecule has 1 fully saturated rings. The molecule has 0 unspecified atom stereocenters. The number of amides is 2. The topological polar surface area (TPSA) is 64.7 Å². The second-order valence-corrected chi connectivity index (χ2v) is 8.08. The molecule has 0 radical (unpaired) electrons. The molecular formula is C21H29ClN4O2. The zero-order valence-electron chi connectivity index (χ0n) is 16.4. The predicted molar refractivity (Wildman–Crippen MR) is 111 cm³/mol. The van der Waals surface area contributed by atoms with Crippen molar-refractivity contribution in [1.82, 2.24) is 20.7 Å². The van der Waals surface area contributed by atoms with Crippen LogP contribution < -0.4 is 10.7 Å². The molecule has 7 heteroatoms. The van der Waals surface area contributed by atoms with Crippen molar-refractivity contribution < 1.29 is 9.59 Å². The lowest BCUT2D eigenvalue weighted by molar-refractivity contribution is -0.137. The molecule has 152 valence electrons. The highest BCUT2D eigenvalue weighted by molar-refractivity contribution is 6.30. The molecule has 2 N–H and O–H groups in total. The Balaban J connectivity index is 1.40. The quantitative estimate of drug-likeness (QED) is 0.686. The van der Waals surface area contributed by atoms with Gasteiger partial charge in [-0.3, -0.25) is 15.0 Å². The number of hydrazine groups is 1. The van der Waals surface area contributed by atoms with E-state index in [9.17, 15) is 9.59 Å². The lowest BCUT2D eigenvalue weighted by atomic mass is 9.99. The number of nitrogens with zero attached hydrogens (tertiary/aromatic N) is 2. The summed E-state index contributed by atoms with van der Waals surface area (Å²) in [5.74, 6) is 0.568. The van der Waals surface area contributed by atoms with E-state index >= 15 is 0 Å². The zero-order valence-corrected chi connectivity index (χ0v) is 17.2. The van der Waals surface area contributed by atoms with E-state index in [-0.39, 0.29) is 24.8 Å². The summed E-state index contributed by atoms with van der Waals surface area (Å²) in [4.78, 5) is 26.8. The van der Waals surface area contributed by atoms with Crippen molar-refractivity contribution in [2.75, 3.05) is 32.7 Å². The van der Waals surface area contributed by atoms with Gasteiger partial charge < -0.3 is 10.2 Å². The van der Waals surface area contributed by atoms with Gasteiger partial charge in [0.05, 0.1) is 5.70 Å². The second-order valence-electron chi connectivity index (χ2n) is 7.65. The first kappa shape index (κ1) is 20.7. The largest absolute Gasteiger partial charge is 0.354 e. The predicted octanol–water partition coefficient (Wildman–Crippen LogP) is 2.66. The fourth-order valence-corrected chi connectivity index (χ4v) is 3.63. The van der Waals surface area contributed by atoms with Gasteiger partial charge in [0.2, 0.25) is 11.8 Å². The molecule has 3 rings (SSSR count). The Morgan fingerprint density at radius 3 is 2.68 bits per heavy atom. The van der Waals surface area contributed by atoms with Gasteiger partial charge in [0.25, 0.3) is 0 Å². The van der Waals surface area contributed by atoms with Gasteiger partial charge in [-0.1, -0.05) is 30.7 Å². The van der Waals surface area contributed by atoms with Gasteiger partial charge in [-0.05, 0) is 68.6 Å². The first-order valence-corrected chi connectivity index (χ1v) is 10.4. The molecule has 0 spiro atoms. The van der Waals surface area contributed by atoms with Crippen LogP contribution in [0.15, 0.2) is 30.3 Å². The standard InChI is InChI=1S/C21H29ClN4O2/c1-16-9-13-25(14-10-16)12-2-11-23-20(27)15-26-21(28)8-7-19(24-26)17-3-5-18(22)6-4-17/h3-7,16,24H,2,8-15H2,1H3,(H,23,27). The number of rotatable bonds is 7. The van der Waals surface area contributed by atoms with Crippen LogP contribution in [0.5, 0.6) is 0 Å². The van der Waals surface area contributed by atoms with E-state index in [4.69, 9.17) is 11.6 Å². The first-order chi connectivity index (χ1) is 13.5. The van der Waals surface area contributed by atoms with Crippen LogP contribution in [0.4, 0.5) is 0 Å². The highest BCUT2D eigenvalue weighted by atomic mass is 35.5. The SMILES string of the molecule is CC1CCN(CCCNC(=O)CN2NC(c3ccc(Cl)cc3)=CCC2=O)CC1. The number of halogens is 1. The molecule has 0 aromatic heterocycles. The number of carbonyl (C=O) groups excluding carboxylic acids is 2. The summed E-state index contributed by atoms with van der Waals surface area (Å²) in [7, 11) is 0. The minimum Gasteiger partial charge on any atom is -0.354 e. The van der Waals surface area contributed by atoms with Gasteiger partial charge in [0, 0.05) is 18.0 Å². The first-order valence-electron chi connectivity index (χ1n) is 10.0. The summed E-state index contributed by atoms with van der Waals surface area (Å²) in [5, 5.41) is 4.96. The summed E-state index contributed by atoms with van der Waals surface area (Å²) in [6.07, 6.45) is 5.56. The third-order valence-corrected chi connectivity index (χ3v) is 5.60. The minimum absolute atomic E-state index is 0.00495. The fraction of sp³-hybridized carbons (Fsp3) is 0.524. The lowest BCUT2D eigenvalue weighted by Crippen LogP contribution is -2.49. The van der Waals surface area contributed by atoms with Crippen LogP contribution >= 0.6 is 11.6 Å². The number of nitrogens with one attached hydrogen (secondary N) is 2. The van der Waals surface area contributed by atoms with E-state index in [1.165, 1.54) is 17.9 Å². The van der Waals surface area contributed by atoms with E-state index < -0.39 is 0 Å². The van der Waals surface area contributed by atoms with Crippen molar-refractivity contribution in [3.8, 4) is 0 Å². The molecular weight excluding hydrogens is 376 g/mol. The van der Waals surface area contributed by atoms with Crippen molar-refractivity contribution in [3.63, 3.8) is 0 Å². The van der Waals surface area contributed by atoms with E-state index in [0.29, 0.717) is 11.6 Å². The van der Waals surface area contributed by atoms with Crippen molar-refractivity contribution in [3.05, 3.63) is 40.9 Å². The Morgan fingerprint density at radius 1 is 1.25 bits per heavy atom. The number of hydrogen-bond acceptors (Lipinski definition) is 4. The van der Waals surface area contributed by atoms with Gasteiger partial charge >= 0.3 is 0 Å². The van der Waals surface area contributed by atoms with Crippen LogP contribution in [0.1, 0.15) is 38.2 Å². The molecule has 1 aromatic rings. The number of hydrogen-bond donors (Lipinski definition) is 2. The van der Waals surface area contributed by atoms with E-state index in [1.807, 2.05) is 18.2 Å². The average Bonchev–Trinajstić information content (AvgIpc) is 2.69. The summed E-state index contributed by atoms with van der Waals surface area (Å²) in [6.45, 7) is 6.26. The minimum atomic E-state index is -0.148. The van der Waals surface area contributed by atoms with Crippen LogP contribution in [-0.2, 0) is 9.59 Å². The van der Waals surface area contributed by atoms with Crippen LogP contribution in [0, 0.1) is 5.92 Å². The van der Waals surface area contributed by atoms with E-state index in [2.05, 4.69) is 22.6 Å². The molecule has 0 saturated carbocycles. The Morgan fingerprint density at radius 2 is 1.96 bits per heavy atom. The van der Waals surface area contributed by atoms with Gasteiger partial charge in [0.1, 0.15) is 6.54 Å². The Kier molecular flexibility index (Phi) is 7.34. The molecule has 28 heavy (non-hydrogen) atoms. The van der Waals surface area contributed by atoms with Crippen LogP contribution in [0.3, 0.4) is 0 Å². The summed E-state index contributed by atoms with van der Waals surface area (Å²) in [6, 6.07) is 7.37. The number of likely N-dealkylation sites (tertiary alicyclic amines) is 1. The van der Waals surface area contributed by atoms with E-state index in [1.54, 1.807) is 12.1 Å². The molecule has 0 atom stereocenters. The fourth-order valence-electron chi connectivity index (χ4n) is 3.51. The normalized spacial score (nSPS) is 18.6. The number of carbonyl (C=O) groups is 2. The maximum absolute atomic E-state index is 12.2. The molecule has 0 bridgehead atoms. The van der Waals surface area contributed by atoms with Crippen molar-refractivity contribution in [2.24, 2.45) is 5.92 Å². The number of benzene rings is 1. The summed E-state index contributed by atoms with van der Waals surface area (Å²) in [5.41, 5.74) is 4.79. The highest BCUT2D eigenvalue weighted by Crippen LogP contribution is 2.19. The molecule has 2 aliphatic heterocycles. The maximum Gasteiger partial charge on any atom is 0.245 e. The summed E-state index contributed by atoms with van der Waals surface area (Å²) >= 11 is 5.93. The third kappa shape index (κ3) is 5.97. The van der Waals surface area contributed by atoms with Crippen molar-refractivity contribution in [1.29, 1.82) is 0 Å². The molecule has 2 amide bonds. The molecule has 2 aliphatic rings. The average molecular weight is 405 g/mol. The van der Waals surface area contributed by atoms with Crippen molar-refractivity contribution >= 4 is 29.1 Å². The van der Waals surface area contributed by atoms with E-state index in [0.717, 1.165) is 43.2 Å². The molecule has 1 saturated heterocycles. The monoisotopic (exact) mass is 404 g/mol. The number of piperidine rings is 1. The molecule has 2 heterocycles. The lowest BCUT2D eigenvalue weighted by Gasteiger charge is -2.30.